The Hall–Kier alpha value is -3.59. The van der Waals surface area contributed by atoms with Crippen molar-refractivity contribution < 1.29 is 4.79 Å². The van der Waals surface area contributed by atoms with Crippen LogP contribution in [0.25, 0.3) is 5.69 Å². The highest BCUT2D eigenvalue weighted by Gasteiger charge is 2.23. The predicted molar refractivity (Wildman–Crippen MR) is 121 cm³/mol. The number of nitrogens with one attached hydrogen (secondary N) is 2. The molecule has 9 heteroatoms. The molecule has 0 saturated heterocycles. The van der Waals surface area contributed by atoms with Crippen LogP contribution in [-0.4, -0.2) is 44.5 Å². The van der Waals surface area contributed by atoms with Gasteiger partial charge in [0.25, 0.3) is 5.91 Å². The standard InChI is InChI=1S/C22H26N8O/c1-14-11-12-30(29-14)16-9-7-15(8-10-16)26-20-17(21(31)24-2)13-25-22(28-20)27-19-6-4-3-5-18(19)23/h7-13,18-19H,2-6,23H2,1H3,(H2,25,26,27,28)/t18-,19+/m0/s1. The highest BCUT2D eigenvalue weighted by molar-refractivity contribution is 6.01. The summed E-state index contributed by atoms with van der Waals surface area (Å²) in [5, 5.41) is 10.9. The summed E-state index contributed by atoms with van der Waals surface area (Å²) < 4.78 is 1.80. The van der Waals surface area contributed by atoms with Crippen molar-refractivity contribution in [3.8, 4) is 5.69 Å². The van der Waals surface area contributed by atoms with Gasteiger partial charge in [-0.15, -0.1) is 0 Å². The Morgan fingerprint density at radius 1 is 1.23 bits per heavy atom. The van der Waals surface area contributed by atoms with Crippen LogP contribution in [0.4, 0.5) is 17.5 Å². The fourth-order valence-electron chi connectivity index (χ4n) is 3.69. The summed E-state index contributed by atoms with van der Waals surface area (Å²) >= 11 is 0. The molecule has 4 N–H and O–H groups in total. The number of rotatable bonds is 6. The first-order valence-electron chi connectivity index (χ1n) is 10.3. The van der Waals surface area contributed by atoms with Gasteiger partial charge in [-0.3, -0.25) is 4.79 Å². The van der Waals surface area contributed by atoms with Gasteiger partial charge in [-0.05, 0) is 56.8 Å². The van der Waals surface area contributed by atoms with Crippen LogP contribution in [0.3, 0.4) is 0 Å². The summed E-state index contributed by atoms with van der Waals surface area (Å²) in [4.78, 5) is 24.6. The number of hydrogen-bond donors (Lipinski definition) is 3. The molecule has 2 heterocycles. The van der Waals surface area contributed by atoms with Crippen LogP contribution in [0.2, 0.25) is 0 Å². The monoisotopic (exact) mass is 418 g/mol. The van der Waals surface area contributed by atoms with Gasteiger partial charge in [-0.1, -0.05) is 12.8 Å². The molecule has 9 nitrogen and oxygen atoms in total. The summed E-state index contributed by atoms with van der Waals surface area (Å²) in [5.41, 5.74) is 9.13. The summed E-state index contributed by atoms with van der Waals surface area (Å²) in [6.07, 6.45) is 7.57. The molecule has 1 saturated carbocycles. The molecule has 0 aliphatic heterocycles. The number of aliphatic imine (C=N–C) groups is 1. The third-order valence-electron chi connectivity index (χ3n) is 5.41. The predicted octanol–water partition coefficient (Wildman–Crippen LogP) is 3.24. The summed E-state index contributed by atoms with van der Waals surface area (Å²) in [7, 11) is 0. The first-order valence-corrected chi connectivity index (χ1v) is 10.3. The van der Waals surface area contributed by atoms with E-state index in [0.29, 0.717) is 11.8 Å². The van der Waals surface area contributed by atoms with Gasteiger partial charge in [-0.25, -0.2) is 14.7 Å². The molecular weight excluding hydrogens is 392 g/mol. The maximum atomic E-state index is 12.2. The zero-order chi connectivity index (χ0) is 21.8. The van der Waals surface area contributed by atoms with E-state index in [1.807, 2.05) is 43.5 Å². The molecule has 3 aromatic rings. The lowest BCUT2D eigenvalue weighted by Crippen LogP contribution is -2.43. The van der Waals surface area contributed by atoms with E-state index in [4.69, 9.17) is 5.73 Å². The van der Waals surface area contributed by atoms with Crippen LogP contribution in [0.1, 0.15) is 41.7 Å². The minimum Gasteiger partial charge on any atom is -0.350 e. The average molecular weight is 419 g/mol. The maximum absolute atomic E-state index is 12.2. The number of aryl methyl sites for hydroxylation is 1. The summed E-state index contributed by atoms with van der Waals surface area (Å²) in [6, 6.07) is 9.77. The van der Waals surface area contributed by atoms with E-state index >= 15 is 0 Å². The second-order valence-electron chi connectivity index (χ2n) is 7.69. The van der Waals surface area contributed by atoms with Gasteiger partial charge in [0.1, 0.15) is 11.4 Å². The maximum Gasteiger partial charge on any atom is 0.281 e. The molecule has 1 fully saturated rings. The molecule has 0 spiro atoms. The number of aromatic nitrogens is 4. The molecule has 1 aliphatic carbocycles. The Balaban J connectivity index is 1.57. The number of hydrogen-bond acceptors (Lipinski definition) is 7. The second kappa shape index (κ2) is 9.05. The third kappa shape index (κ3) is 4.77. The van der Waals surface area contributed by atoms with Gasteiger partial charge < -0.3 is 16.4 Å². The first kappa shape index (κ1) is 20.7. The van der Waals surface area contributed by atoms with E-state index in [0.717, 1.165) is 42.8 Å². The number of carbonyl (C=O) groups is 1. The molecule has 0 radical (unpaired) electrons. The van der Waals surface area contributed by atoms with Crippen molar-refractivity contribution in [2.45, 2.75) is 44.7 Å². The van der Waals surface area contributed by atoms with Crippen molar-refractivity contribution in [1.82, 2.24) is 19.7 Å². The molecule has 2 aromatic heterocycles. The molecule has 160 valence electrons. The van der Waals surface area contributed by atoms with E-state index in [1.54, 1.807) is 4.68 Å². The second-order valence-corrected chi connectivity index (χ2v) is 7.69. The van der Waals surface area contributed by atoms with Gasteiger partial charge in [0.05, 0.1) is 11.4 Å². The van der Waals surface area contributed by atoms with E-state index in [9.17, 15) is 4.79 Å². The molecule has 1 aromatic carbocycles. The average Bonchev–Trinajstić information content (AvgIpc) is 3.22. The quantitative estimate of drug-likeness (QED) is 0.525. The van der Waals surface area contributed by atoms with Crippen molar-refractivity contribution in [2.75, 3.05) is 10.6 Å². The third-order valence-corrected chi connectivity index (χ3v) is 5.41. The largest absolute Gasteiger partial charge is 0.350 e. The van der Waals surface area contributed by atoms with Crippen molar-refractivity contribution in [3.05, 3.63) is 54.0 Å². The van der Waals surface area contributed by atoms with Crippen LogP contribution in [0, 0.1) is 6.92 Å². The number of benzene rings is 1. The Labute approximate surface area is 180 Å². The van der Waals surface area contributed by atoms with Gasteiger partial charge in [0.15, 0.2) is 0 Å². The van der Waals surface area contributed by atoms with Gasteiger partial charge >= 0.3 is 0 Å². The molecule has 31 heavy (non-hydrogen) atoms. The molecular formula is C22H26N8O. The van der Waals surface area contributed by atoms with Crippen LogP contribution >= 0.6 is 0 Å². The Bertz CT molecular complexity index is 1080. The lowest BCUT2D eigenvalue weighted by atomic mass is 9.91. The van der Waals surface area contributed by atoms with Crippen LogP contribution in [0.5, 0.6) is 0 Å². The number of nitrogens with zero attached hydrogens (tertiary/aromatic N) is 5. The van der Waals surface area contributed by atoms with E-state index in [-0.39, 0.29) is 17.6 Å². The molecule has 4 rings (SSSR count). The summed E-state index contributed by atoms with van der Waals surface area (Å²) in [6.45, 7) is 5.28. The van der Waals surface area contributed by atoms with Crippen LogP contribution in [-0.2, 0) is 0 Å². The smallest absolute Gasteiger partial charge is 0.281 e. The zero-order valence-electron chi connectivity index (χ0n) is 17.5. The molecule has 1 aliphatic rings. The van der Waals surface area contributed by atoms with Crippen molar-refractivity contribution in [3.63, 3.8) is 0 Å². The highest BCUT2D eigenvalue weighted by Crippen LogP contribution is 2.24. The van der Waals surface area contributed by atoms with E-state index in [2.05, 4.69) is 37.4 Å². The number of anilines is 3. The van der Waals surface area contributed by atoms with Crippen LogP contribution < -0.4 is 16.4 Å². The van der Waals surface area contributed by atoms with Crippen molar-refractivity contribution >= 4 is 30.1 Å². The lowest BCUT2D eigenvalue weighted by molar-refractivity contribution is 0.100. The number of carbonyl (C=O) groups excluding carboxylic acids is 1. The molecule has 0 bridgehead atoms. The SMILES string of the molecule is C=NC(=O)c1cnc(N[C@@H]2CCCC[C@@H]2N)nc1Nc1ccc(-n2ccc(C)n2)cc1. The van der Waals surface area contributed by atoms with Gasteiger partial charge in [-0.2, -0.15) is 10.1 Å². The lowest BCUT2D eigenvalue weighted by Gasteiger charge is -2.29. The number of nitrogens with two attached hydrogens (primary N) is 1. The van der Waals surface area contributed by atoms with Gasteiger partial charge in [0, 0.05) is 30.2 Å². The Kier molecular flexibility index (Phi) is 6.03. The fourth-order valence-corrected chi connectivity index (χ4v) is 3.69. The first-order chi connectivity index (χ1) is 15.0. The Morgan fingerprint density at radius 2 is 2.00 bits per heavy atom. The molecule has 2 atom stereocenters. The molecule has 1 amide bonds. The zero-order valence-corrected chi connectivity index (χ0v) is 17.5. The number of amides is 1. The fraction of sp³-hybridized carbons (Fsp3) is 0.318. The summed E-state index contributed by atoms with van der Waals surface area (Å²) in [5.74, 6) is 0.295. The minimum atomic E-state index is -0.493. The topological polar surface area (TPSA) is 123 Å². The Morgan fingerprint density at radius 3 is 2.68 bits per heavy atom. The molecule has 0 unspecified atom stereocenters. The van der Waals surface area contributed by atoms with E-state index in [1.165, 1.54) is 6.20 Å². The van der Waals surface area contributed by atoms with E-state index < -0.39 is 5.91 Å². The normalized spacial score (nSPS) is 18.4. The van der Waals surface area contributed by atoms with Crippen molar-refractivity contribution in [1.29, 1.82) is 0 Å². The van der Waals surface area contributed by atoms with Crippen molar-refractivity contribution in [2.24, 2.45) is 10.7 Å². The van der Waals surface area contributed by atoms with Crippen LogP contribution in [0.15, 0.2) is 47.7 Å². The van der Waals surface area contributed by atoms with Gasteiger partial charge in [0.2, 0.25) is 5.95 Å². The minimum absolute atomic E-state index is 0.0587. The highest BCUT2D eigenvalue weighted by atomic mass is 16.1.